The lowest BCUT2D eigenvalue weighted by molar-refractivity contribution is -0.146. The summed E-state index contributed by atoms with van der Waals surface area (Å²) in [6, 6.07) is 3.10. The van der Waals surface area contributed by atoms with Gasteiger partial charge in [-0.2, -0.15) is 0 Å². The summed E-state index contributed by atoms with van der Waals surface area (Å²) < 4.78 is 10.9. The number of carbonyl (C=O) groups is 2. The van der Waals surface area contributed by atoms with E-state index in [0.29, 0.717) is 21.5 Å². The van der Waals surface area contributed by atoms with Gasteiger partial charge in [0.15, 0.2) is 0 Å². The molecular weight excluding hydrogens is 342 g/mol. The predicted molar refractivity (Wildman–Crippen MR) is 81.0 cm³/mol. The van der Waals surface area contributed by atoms with Gasteiger partial charge in [0.25, 0.3) is 5.91 Å². The molecule has 0 unspecified atom stereocenters. The number of methoxy groups -OCH3 is 2. The summed E-state index contributed by atoms with van der Waals surface area (Å²) in [7, 11) is 2.96. The van der Waals surface area contributed by atoms with Crippen LogP contribution in [0.1, 0.15) is 24.2 Å². The highest BCUT2D eigenvalue weighted by molar-refractivity contribution is 9.10. The van der Waals surface area contributed by atoms with Gasteiger partial charge in [-0.1, -0.05) is 0 Å². The molecule has 2 N–H and O–H groups in total. The third-order valence-electron chi connectivity index (χ3n) is 2.98. The van der Waals surface area contributed by atoms with Crippen LogP contribution in [0.2, 0.25) is 0 Å². The number of amides is 1. The van der Waals surface area contributed by atoms with Crippen molar-refractivity contribution in [3.8, 4) is 11.5 Å². The van der Waals surface area contributed by atoms with E-state index in [2.05, 4.69) is 21.2 Å². The zero-order valence-corrected chi connectivity index (χ0v) is 13.9. The van der Waals surface area contributed by atoms with Crippen LogP contribution in [-0.4, -0.2) is 37.7 Å². The van der Waals surface area contributed by atoms with Crippen molar-refractivity contribution in [1.82, 2.24) is 5.32 Å². The fraction of sp³-hybridized carbons (Fsp3) is 0.429. The number of aliphatic carboxylic acids is 1. The van der Waals surface area contributed by atoms with Crippen LogP contribution in [0.15, 0.2) is 16.6 Å². The molecule has 0 fully saturated rings. The zero-order valence-electron chi connectivity index (χ0n) is 12.3. The van der Waals surface area contributed by atoms with Gasteiger partial charge in [0.1, 0.15) is 16.0 Å². The molecule has 1 rings (SSSR count). The minimum Gasteiger partial charge on any atom is -0.495 e. The largest absolute Gasteiger partial charge is 0.495 e. The molecule has 116 valence electrons. The minimum absolute atomic E-state index is 0.0157. The number of carboxylic acids is 1. The molecule has 0 heterocycles. The smallest absolute Gasteiger partial charge is 0.310 e. The van der Waals surface area contributed by atoms with Crippen LogP contribution in [-0.2, 0) is 4.79 Å². The van der Waals surface area contributed by atoms with Crippen LogP contribution >= 0.6 is 15.9 Å². The maximum atomic E-state index is 12.1. The maximum absolute atomic E-state index is 12.1. The average Bonchev–Trinajstić information content (AvgIpc) is 2.44. The Morgan fingerprint density at radius 2 is 1.71 bits per heavy atom. The lowest BCUT2D eigenvalue weighted by atomic mass is 9.94. The molecule has 1 amide bonds. The van der Waals surface area contributed by atoms with Crippen LogP contribution in [0, 0.1) is 5.41 Å². The molecular formula is C14H18BrNO5. The van der Waals surface area contributed by atoms with Crippen LogP contribution < -0.4 is 14.8 Å². The minimum atomic E-state index is -1.04. The van der Waals surface area contributed by atoms with E-state index in [1.807, 2.05) is 0 Å². The Balaban J connectivity index is 2.95. The molecule has 21 heavy (non-hydrogen) atoms. The SMILES string of the molecule is COc1cc(C(=O)NCC(C)(C)C(=O)O)cc(OC)c1Br. The van der Waals surface area contributed by atoms with E-state index in [-0.39, 0.29) is 6.54 Å². The van der Waals surface area contributed by atoms with Gasteiger partial charge in [-0.05, 0) is 41.9 Å². The van der Waals surface area contributed by atoms with E-state index in [4.69, 9.17) is 14.6 Å². The number of nitrogens with one attached hydrogen (secondary N) is 1. The molecule has 0 aliphatic heterocycles. The molecule has 6 nitrogen and oxygen atoms in total. The van der Waals surface area contributed by atoms with E-state index >= 15 is 0 Å². The Bertz CT molecular complexity index is 531. The second kappa shape index (κ2) is 6.80. The molecule has 0 aliphatic carbocycles. The van der Waals surface area contributed by atoms with Gasteiger partial charge in [0.05, 0.1) is 19.6 Å². The Morgan fingerprint density at radius 3 is 2.10 bits per heavy atom. The molecule has 1 aromatic rings. The number of halogens is 1. The first kappa shape index (κ1) is 17.3. The molecule has 0 saturated carbocycles. The molecule has 0 spiro atoms. The summed E-state index contributed by atoms with van der Waals surface area (Å²) in [4.78, 5) is 23.1. The van der Waals surface area contributed by atoms with Crippen molar-refractivity contribution in [3.63, 3.8) is 0 Å². The third kappa shape index (κ3) is 4.10. The van der Waals surface area contributed by atoms with Crippen molar-refractivity contribution in [2.75, 3.05) is 20.8 Å². The van der Waals surface area contributed by atoms with Gasteiger partial charge < -0.3 is 19.9 Å². The number of rotatable bonds is 6. The molecule has 0 bridgehead atoms. The first-order valence-electron chi connectivity index (χ1n) is 6.16. The van der Waals surface area contributed by atoms with Gasteiger partial charge >= 0.3 is 5.97 Å². The fourth-order valence-electron chi connectivity index (χ4n) is 1.48. The number of carboxylic acid groups (broad SMARTS) is 1. The van der Waals surface area contributed by atoms with Gasteiger partial charge in [0.2, 0.25) is 0 Å². The monoisotopic (exact) mass is 359 g/mol. The van der Waals surface area contributed by atoms with Crippen molar-refractivity contribution in [2.45, 2.75) is 13.8 Å². The summed E-state index contributed by atoms with van der Waals surface area (Å²) in [5.41, 5.74) is -0.716. The highest BCUT2D eigenvalue weighted by Crippen LogP contribution is 2.35. The standard InChI is InChI=1S/C14H18BrNO5/c1-14(2,13(18)19)7-16-12(17)8-5-9(20-3)11(15)10(6-8)21-4/h5-6H,7H2,1-4H3,(H,16,17)(H,18,19). The first-order valence-corrected chi connectivity index (χ1v) is 6.95. The van der Waals surface area contributed by atoms with Crippen LogP contribution in [0.5, 0.6) is 11.5 Å². The summed E-state index contributed by atoms with van der Waals surface area (Å²) >= 11 is 3.32. The first-order chi connectivity index (χ1) is 9.72. The number of benzene rings is 1. The molecule has 0 aliphatic rings. The van der Waals surface area contributed by atoms with E-state index in [9.17, 15) is 9.59 Å². The second-order valence-corrected chi connectivity index (χ2v) is 5.86. The average molecular weight is 360 g/mol. The van der Waals surface area contributed by atoms with E-state index in [1.54, 1.807) is 26.0 Å². The second-order valence-electron chi connectivity index (χ2n) is 5.07. The number of ether oxygens (including phenoxy) is 2. The maximum Gasteiger partial charge on any atom is 0.310 e. The van der Waals surface area contributed by atoms with Crippen molar-refractivity contribution >= 4 is 27.8 Å². The summed E-state index contributed by atoms with van der Waals surface area (Å²) in [5.74, 6) is -0.462. The van der Waals surface area contributed by atoms with Crippen LogP contribution in [0.25, 0.3) is 0 Å². The highest BCUT2D eigenvalue weighted by Gasteiger charge is 2.28. The summed E-state index contributed by atoms with van der Waals surface area (Å²) in [6.45, 7) is 3.10. The quantitative estimate of drug-likeness (QED) is 0.813. The molecule has 0 radical (unpaired) electrons. The van der Waals surface area contributed by atoms with Crippen molar-refractivity contribution in [3.05, 3.63) is 22.2 Å². The fourth-order valence-corrected chi connectivity index (χ4v) is 2.03. The van der Waals surface area contributed by atoms with E-state index < -0.39 is 17.3 Å². The molecule has 7 heteroatoms. The van der Waals surface area contributed by atoms with Crippen LogP contribution in [0.4, 0.5) is 0 Å². The lowest BCUT2D eigenvalue weighted by Gasteiger charge is -2.19. The van der Waals surface area contributed by atoms with Gasteiger partial charge in [0, 0.05) is 12.1 Å². The topological polar surface area (TPSA) is 84.9 Å². The molecule has 0 atom stereocenters. The highest BCUT2D eigenvalue weighted by atomic mass is 79.9. The lowest BCUT2D eigenvalue weighted by Crippen LogP contribution is -2.38. The van der Waals surface area contributed by atoms with E-state index in [1.165, 1.54) is 14.2 Å². The van der Waals surface area contributed by atoms with Crippen molar-refractivity contribution in [1.29, 1.82) is 0 Å². The van der Waals surface area contributed by atoms with Gasteiger partial charge in [-0.15, -0.1) is 0 Å². The zero-order chi connectivity index (χ0) is 16.2. The Hall–Kier alpha value is -1.76. The third-order valence-corrected chi connectivity index (χ3v) is 3.76. The number of hydrogen-bond acceptors (Lipinski definition) is 4. The normalized spacial score (nSPS) is 10.9. The molecule has 1 aromatic carbocycles. The van der Waals surface area contributed by atoms with Crippen LogP contribution in [0.3, 0.4) is 0 Å². The number of carbonyl (C=O) groups excluding carboxylic acids is 1. The van der Waals surface area contributed by atoms with Gasteiger partial charge in [-0.3, -0.25) is 9.59 Å². The van der Waals surface area contributed by atoms with Gasteiger partial charge in [-0.25, -0.2) is 0 Å². The van der Waals surface area contributed by atoms with Crippen molar-refractivity contribution in [2.24, 2.45) is 5.41 Å². The molecule has 0 aromatic heterocycles. The summed E-state index contributed by atoms with van der Waals surface area (Å²) in [6.07, 6.45) is 0. The summed E-state index contributed by atoms with van der Waals surface area (Å²) in [5, 5.41) is 11.6. The Labute approximate surface area is 131 Å². The van der Waals surface area contributed by atoms with Crippen molar-refractivity contribution < 1.29 is 24.2 Å². The molecule has 0 saturated heterocycles. The predicted octanol–water partition coefficient (Wildman–Crippen LogP) is 2.31. The Kier molecular flexibility index (Phi) is 5.60. The van der Waals surface area contributed by atoms with E-state index in [0.717, 1.165) is 0 Å². The Morgan fingerprint density at radius 1 is 1.24 bits per heavy atom. The number of hydrogen-bond donors (Lipinski definition) is 2.